The van der Waals surface area contributed by atoms with E-state index in [1.807, 2.05) is 11.6 Å². The first-order valence-electron chi connectivity index (χ1n) is 17.5. The Morgan fingerprint density at radius 1 is 1.16 bits per heavy atom. The zero-order chi connectivity index (χ0) is 38.9. The maximum Gasteiger partial charge on any atom is 0.267 e. The highest BCUT2D eigenvalue weighted by Crippen LogP contribution is 2.37. The van der Waals surface area contributed by atoms with Crippen molar-refractivity contribution >= 4 is 65.8 Å². The molecule has 2 aliphatic heterocycles. The summed E-state index contributed by atoms with van der Waals surface area (Å²) in [5, 5.41) is 21.4. The molecule has 4 aromatic heterocycles. The van der Waals surface area contributed by atoms with Gasteiger partial charge in [-0.25, -0.2) is 23.1 Å². The molecule has 0 saturated carbocycles. The minimum absolute atomic E-state index is 0.0225. The van der Waals surface area contributed by atoms with Crippen LogP contribution >= 0.6 is 22.9 Å². The number of likely N-dealkylation sites (tertiary alicyclic amines) is 1. The summed E-state index contributed by atoms with van der Waals surface area (Å²) in [6.45, 7) is 7.74. The number of amides is 1. The van der Waals surface area contributed by atoms with Crippen molar-refractivity contribution in [2.75, 3.05) is 43.5 Å². The number of hydrogen-bond donors (Lipinski definition) is 1. The molecule has 2 aliphatic rings. The molecule has 17 heteroatoms. The van der Waals surface area contributed by atoms with E-state index in [2.05, 4.69) is 42.7 Å². The van der Waals surface area contributed by atoms with Crippen LogP contribution in [-0.2, 0) is 21.3 Å². The first-order chi connectivity index (χ1) is 26.5. The Labute approximate surface area is 326 Å². The lowest BCUT2D eigenvalue weighted by Gasteiger charge is -2.44. The predicted octanol–water partition coefficient (Wildman–Crippen LogP) is 4.23. The fourth-order valence-corrected chi connectivity index (χ4v) is 8.92. The number of halogens is 1. The number of carbonyl (C=O) groups is 1. The number of hydrogen-bond acceptors (Lipinski definition) is 13. The van der Waals surface area contributed by atoms with Gasteiger partial charge in [-0.1, -0.05) is 23.4 Å². The van der Waals surface area contributed by atoms with Gasteiger partial charge in [0, 0.05) is 59.0 Å². The lowest BCUT2D eigenvalue weighted by atomic mass is 10.00. The van der Waals surface area contributed by atoms with Crippen molar-refractivity contribution in [3.63, 3.8) is 0 Å². The van der Waals surface area contributed by atoms with Crippen LogP contribution in [0.1, 0.15) is 47.1 Å². The van der Waals surface area contributed by atoms with E-state index >= 15 is 0 Å². The summed E-state index contributed by atoms with van der Waals surface area (Å²) < 4.78 is 33.5. The average molecular weight is 796 g/mol. The molecular weight excluding hydrogens is 762 g/mol. The number of rotatable bonds is 9. The smallest absolute Gasteiger partial charge is 0.267 e. The molecule has 1 aromatic carbocycles. The van der Waals surface area contributed by atoms with Gasteiger partial charge in [0.25, 0.3) is 11.5 Å². The molecule has 280 valence electrons. The second kappa shape index (κ2) is 15.7. The molecule has 2 saturated heterocycles. The van der Waals surface area contributed by atoms with Gasteiger partial charge in [-0.2, -0.15) is 10.5 Å². The third kappa shape index (κ3) is 7.50. The summed E-state index contributed by atoms with van der Waals surface area (Å²) >= 11 is 7.64. The topological polar surface area (TPSA) is 187 Å². The number of nitrogens with zero attached hydrogens (tertiary/aromatic N) is 8. The summed E-state index contributed by atoms with van der Waals surface area (Å²) in [4.78, 5) is 45.3. The van der Waals surface area contributed by atoms with Crippen molar-refractivity contribution in [1.82, 2.24) is 29.1 Å². The molecule has 55 heavy (non-hydrogen) atoms. The number of carbonyl (C=O) groups excluding carboxylic acids is 1. The molecular formula is C38H34ClN9O5S2. The Kier molecular flexibility index (Phi) is 10.8. The number of anilines is 1. The van der Waals surface area contributed by atoms with Gasteiger partial charge in [-0.05, 0) is 51.0 Å². The van der Waals surface area contributed by atoms with Gasteiger partial charge in [0.15, 0.2) is 5.75 Å². The number of fused-ring (bicyclic) bond motifs is 2. The summed E-state index contributed by atoms with van der Waals surface area (Å²) in [6, 6.07) is 11.3. The van der Waals surface area contributed by atoms with E-state index in [0.717, 1.165) is 39.1 Å². The van der Waals surface area contributed by atoms with Crippen molar-refractivity contribution in [3.05, 3.63) is 79.9 Å². The quantitative estimate of drug-likeness (QED) is 0.210. The Balaban J connectivity index is 1.20. The van der Waals surface area contributed by atoms with E-state index in [4.69, 9.17) is 21.6 Å². The maximum absolute atomic E-state index is 14.2. The van der Waals surface area contributed by atoms with Crippen LogP contribution in [0.4, 0.5) is 5.82 Å². The number of sulfonamides is 1. The fraction of sp³-hybridized carbons (Fsp3) is 0.342. The van der Waals surface area contributed by atoms with E-state index in [0.29, 0.717) is 56.2 Å². The minimum atomic E-state index is -4.15. The van der Waals surface area contributed by atoms with Crippen molar-refractivity contribution in [2.45, 2.75) is 45.3 Å². The molecule has 0 atom stereocenters. The molecule has 1 amide bonds. The third-order valence-corrected chi connectivity index (χ3v) is 12.1. The van der Waals surface area contributed by atoms with E-state index in [9.17, 15) is 23.3 Å². The van der Waals surface area contributed by atoms with Gasteiger partial charge in [0.2, 0.25) is 10.0 Å². The Bertz CT molecular complexity index is 2660. The highest BCUT2D eigenvalue weighted by molar-refractivity contribution is 7.90. The van der Waals surface area contributed by atoms with Crippen molar-refractivity contribution < 1.29 is 17.9 Å². The van der Waals surface area contributed by atoms with Gasteiger partial charge in [0.1, 0.15) is 23.3 Å². The van der Waals surface area contributed by atoms with E-state index < -0.39 is 21.7 Å². The second-order valence-electron chi connectivity index (χ2n) is 13.1. The fourth-order valence-electron chi connectivity index (χ4n) is 7.08. The zero-order valence-electron chi connectivity index (χ0n) is 29.9. The minimum Gasteiger partial charge on any atom is -0.378 e. The number of aromatic nitrogens is 4. The molecule has 0 bridgehead atoms. The number of nitriles is 2. The number of nitrogens with one attached hydrogen (secondary N) is 1. The van der Waals surface area contributed by atoms with E-state index in [-0.39, 0.29) is 40.2 Å². The molecule has 14 nitrogen and oxygen atoms in total. The average Bonchev–Trinajstić information content (AvgIpc) is 3.58. The molecule has 0 spiro atoms. The van der Waals surface area contributed by atoms with Gasteiger partial charge < -0.3 is 9.64 Å². The molecule has 0 radical (unpaired) electrons. The number of thiophene rings is 1. The summed E-state index contributed by atoms with van der Waals surface area (Å²) in [6.07, 6.45) is 4.89. The summed E-state index contributed by atoms with van der Waals surface area (Å²) in [5.74, 6) is 5.40. The normalized spacial score (nSPS) is 15.1. The van der Waals surface area contributed by atoms with Crippen LogP contribution in [0.5, 0.6) is 0 Å². The number of benzene rings is 1. The Morgan fingerprint density at radius 2 is 1.95 bits per heavy atom. The first-order valence-corrected chi connectivity index (χ1v) is 20.4. The SMILES string of the molecule is CCN(c1ncc2nc(C)n(CC#Cc3ccc(Cl)cc3-c3ccnc4c(C(=O)NS(=O)(=O)CC#N)csc34)c(=O)c2c1C#N)C1CCN(C2COC2)CC1. The molecule has 6 heterocycles. The molecule has 0 aliphatic carbocycles. The molecule has 1 N–H and O–H groups in total. The standard InChI is InChI=1S/C38H34ClN9O5S2/c1-3-47(26-9-14-46(15-10-26)27-20-53-21-27)36-30(18-41)33-32(19-43-36)44-23(2)48(38(33)50)13-4-5-24-6-7-25(39)17-29(24)28-8-12-42-34-31(22-54-35(28)34)37(49)45-55(51,52)16-11-40/h6-8,12,17,19,22,26-27H,3,9-10,13-16,20-21H2,1-2H3,(H,45,49). The summed E-state index contributed by atoms with van der Waals surface area (Å²) in [7, 11) is -4.15. The van der Waals surface area contributed by atoms with Crippen molar-refractivity contribution in [1.29, 1.82) is 10.5 Å². The molecule has 0 unspecified atom stereocenters. The van der Waals surface area contributed by atoms with Crippen LogP contribution in [0.25, 0.3) is 32.2 Å². The molecule has 2 fully saturated rings. The molecule has 5 aromatic rings. The van der Waals surface area contributed by atoms with Gasteiger partial charge >= 0.3 is 0 Å². The highest BCUT2D eigenvalue weighted by atomic mass is 35.5. The number of piperidine rings is 1. The predicted molar refractivity (Wildman–Crippen MR) is 209 cm³/mol. The third-order valence-electron chi connectivity index (χ3n) is 9.91. The number of ether oxygens (including phenoxy) is 1. The van der Waals surface area contributed by atoms with Crippen LogP contribution in [-0.4, -0.2) is 89.4 Å². The van der Waals surface area contributed by atoms with Gasteiger partial charge in [-0.15, -0.1) is 11.3 Å². The van der Waals surface area contributed by atoms with Crippen molar-refractivity contribution in [3.8, 4) is 35.1 Å². The lowest BCUT2D eigenvalue weighted by molar-refractivity contribution is -0.0711. The highest BCUT2D eigenvalue weighted by Gasteiger charge is 2.33. The number of pyridine rings is 2. The van der Waals surface area contributed by atoms with Crippen LogP contribution in [0.3, 0.4) is 0 Å². The number of aryl methyl sites for hydroxylation is 1. The van der Waals surface area contributed by atoms with Crippen LogP contribution in [0.15, 0.2) is 46.8 Å². The van der Waals surface area contributed by atoms with Crippen LogP contribution < -0.4 is 15.2 Å². The Hall–Kier alpha value is -5.41. The maximum atomic E-state index is 14.2. The summed E-state index contributed by atoms with van der Waals surface area (Å²) in [5.41, 5.74) is 2.33. The van der Waals surface area contributed by atoms with Gasteiger partial charge in [-0.3, -0.25) is 24.0 Å². The van der Waals surface area contributed by atoms with E-state index in [1.54, 1.807) is 37.4 Å². The lowest BCUT2D eigenvalue weighted by Crippen LogP contribution is -2.54. The Morgan fingerprint density at radius 3 is 2.64 bits per heavy atom. The van der Waals surface area contributed by atoms with E-state index in [1.165, 1.54) is 33.6 Å². The van der Waals surface area contributed by atoms with Crippen LogP contribution in [0.2, 0.25) is 5.02 Å². The van der Waals surface area contributed by atoms with Crippen LogP contribution in [0, 0.1) is 41.4 Å². The largest absolute Gasteiger partial charge is 0.378 e. The van der Waals surface area contributed by atoms with Crippen molar-refractivity contribution in [2.24, 2.45) is 0 Å². The zero-order valence-corrected chi connectivity index (χ0v) is 32.3. The monoisotopic (exact) mass is 795 g/mol. The molecule has 7 rings (SSSR count). The first kappa shape index (κ1) is 37.9. The van der Waals surface area contributed by atoms with Gasteiger partial charge in [0.05, 0.1) is 64.7 Å². The second-order valence-corrected chi connectivity index (χ2v) is 16.2.